The van der Waals surface area contributed by atoms with Gasteiger partial charge in [0.15, 0.2) is 5.82 Å². The summed E-state index contributed by atoms with van der Waals surface area (Å²) < 4.78 is 1.70. The molecule has 0 N–H and O–H groups in total. The molecule has 0 aliphatic carbocycles. The van der Waals surface area contributed by atoms with Crippen LogP contribution in [0.2, 0.25) is 0 Å². The van der Waals surface area contributed by atoms with Crippen LogP contribution >= 0.6 is 0 Å². The molecule has 15 heavy (non-hydrogen) atoms. The lowest BCUT2D eigenvalue weighted by Crippen LogP contribution is -2.02. The second-order valence-electron chi connectivity index (χ2n) is 3.56. The summed E-state index contributed by atoms with van der Waals surface area (Å²) in [5.41, 5.74) is 1.04. The summed E-state index contributed by atoms with van der Waals surface area (Å²) in [6.45, 7) is 4.30. The first-order chi connectivity index (χ1) is 7.31. The predicted molar refractivity (Wildman–Crippen MR) is 57.9 cm³/mol. The topological polar surface area (TPSA) is 43.6 Å². The van der Waals surface area contributed by atoms with E-state index in [-0.39, 0.29) is 0 Å². The highest BCUT2D eigenvalue weighted by Crippen LogP contribution is 2.15. The molecule has 0 saturated carbocycles. The largest absolute Gasteiger partial charge is 0.255 e. The van der Waals surface area contributed by atoms with Crippen molar-refractivity contribution >= 4 is 0 Å². The molecule has 78 valence electrons. The van der Waals surface area contributed by atoms with E-state index in [0.717, 1.165) is 17.9 Å². The Kier molecular flexibility index (Phi) is 2.76. The van der Waals surface area contributed by atoms with Crippen molar-refractivity contribution in [1.29, 1.82) is 0 Å². The van der Waals surface area contributed by atoms with Gasteiger partial charge in [-0.25, -0.2) is 9.67 Å². The first-order valence-electron chi connectivity index (χ1n) is 5.13. The molecule has 0 bridgehead atoms. The summed E-state index contributed by atoms with van der Waals surface area (Å²) in [4.78, 5) is 8.71. The molecule has 2 rings (SSSR count). The molecule has 0 amide bonds. The molecule has 1 atom stereocenters. The molecular formula is C11H14N4. The van der Waals surface area contributed by atoms with Crippen LogP contribution in [0.4, 0.5) is 0 Å². The maximum absolute atomic E-state index is 4.38. The average Bonchev–Trinajstić information content (AvgIpc) is 2.82. The van der Waals surface area contributed by atoms with Gasteiger partial charge in [-0.2, -0.15) is 5.10 Å². The van der Waals surface area contributed by atoms with Crippen molar-refractivity contribution in [2.24, 2.45) is 0 Å². The highest BCUT2D eigenvalue weighted by molar-refractivity contribution is 5.18. The lowest BCUT2D eigenvalue weighted by atomic mass is 10.1. The van der Waals surface area contributed by atoms with Gasteiger partial charge in [-0.15, -0.1) is 0 Å². The third kappa shape index (κ3) is 2.03. The molecule has 4 heteroatoms. The standard InChI is InChI=1S/C11H14N4/c1-3-9(2)10-7-13-11(8-12-10)15-6-4-5-14-15/h4-9H,3H2,1-2H3. The number of rotatable bonds is 3. The third-order valence-electron chi connectivity index (χ3n) is 2.51. The Hall–Kier alpha value is -1.71. The van der Waals surface area contributed by atoms with Gasteiger partial charge in [0.1, 0.15) is 0 Å². The van der Waals surface area contributed by atoms with Crippen LogP contribution in [0.15, 0.2) is 30.9 Å². The minimum absolute atomic E-state index is 0.462. The molecule has 0 aromatic carbocycles. The summed E-state index contributed by atoms with van der Waals surface area (Å²) in [7, 11) is 0. The molecule has 0 aliphatic rings. The number of aromatic nitrogens is 4. The molecule has 1 unspecified atom stereocenters. The van der Waals surface area contributed by atoms with Crippen molar-refractivity contribution in [1.82, 2.24) is 19.7 Å². The number of nitrogens with zero attached hydrogens (tertiary/aromatic N) is 4. The van der Waals surface area contributed by atoms with Crippen molar-refractivity contribution in [3.05, 3.63) is 36.5 Å². The molecule has 0 spiro atoms. The van der Waals surface area contributed by atoms with Crippen molar-refractivity contribution in [2.45, 2.75) is 26.2 Å². The Balaban J connectivity index is 2.25. The Morgan fingerprint density at radius 3 is 2.73 bits per heavy atom. The van der Waals surface area contributed by atoms with Gasteiger partial charge in [0.2, 0.25) is 0 Å². The van der Waals surface area contributed by atoms with E-state index in [1.54, 1.807) is 17.1 Å². The van der Waals surface area contributed by atoms with Gasteiger partial charge in [-0.3, -0.25) is 4.98 Å². The highest BCUT2D eigenvalue weighted by Gasteiger charge is 2.05. The summed E-state index contributed by atoms with van der Waals surface area (Å²) in [5.74, 6) is 1.22. The maximum atomic E-state index is 4.38. The maximum Gasteiger partial charge on any atom is 0.171 e. The summed E-state index contributed by atoms with van der Waals surface area (Å²) in [6, 6.07) is 1.87. The van der Waals surface area contributed by atoms with Crippen LogP contribution in [0, 0.1) is 0 Å². The molecular weight excluding hydrogens is 188 g/mol. The van der Waals surface area contributed by atoms with Crippen LogP contribution in [0.3, 0.4) is 0 Å². The zero-order valence-corrected chi connectivity index (χ0v) is 8.96. The Morgan fingerprint density at radius 2 is 2.20 bits per heavy atom. The zero-order chi connectivity index (χ0) is 10.7. The predicted octanol–water partition coefficient (Wildman–Crippen LogP) is 2.18. The Morgan fingerprint density at radius 1 is 1.33 bits per heavy atom. The van der Waals surface area contributed by atoms with E-state index in [2.05, 4.69) is 28.9 Å². The molecule has 2 aromatic heterocycles. The van der Waals surface area contributed by atoms with Crippen molar-refractivity contribution < 1.29 is 0 Å². The second kappa shape index (κ2) is 4.21. The van der Waals surface area contributed by atoms with E-state index < -0.39 is 0 Å². The highest BCUT2D eigenvalue weighted by atomic mass is 15.3. The summed E-state index contributed by atoms with van der Waals surface area (Å²) in [6.07, 6.45) is 8.24. The van der Waals surface area contributed by atoms with E-state index in [4.69, 9.17) is 0 Å². The van der Waals surface area contributed by atoms with Crippen LogP contribution < -0.4 is 0 Å². The molecule has 0 saturated heterocycles. The summed E-state index contributed by atoms with van der Waals surface area (Å²) >= 11 is 0. The van der Waals surface area contributed by atoms with Crippen molar-refractivity contribution in [2.75, 3.05) is 0 Å². The first-order valence-corrected chi connectivity index (χ1v) is 5.13. The van der Waals surface area contributed by atoms with Crippen LogP contribution in [-0.2, 0) is 0 Å². The average molecular weight is 202 g/mol. The molecule has 0 fully saturated rings. The minimum Gasteiger partial charge on any atom is -0.255 e. The number of hydrogen-bond acceptors (Lipinski definition) is 3. The molecule has 2 aromatic rings. The van der Waals surface area contributed by atoms with E-state index in [0.29, 0.717) is 5.92 Å². The fourth-order valence-corrected chi connectivity index (χ4v) is 1.32. The van der Waals surface area contributed by atoms with E-state index in [1.165, 1.54) is 0 Å². The van der Waals surface area contributed by atoms with Gasteiger partial charge < -0.3 is 0 Å². The lowest BCUT2D eigenvalue weighted by Gasteiger charge is -2.07. The van der Waals surface area contributed by atoms with E-state index in [9.17, 15) is 0 Å². The number of hydrogen-bond donors (Lipinski definition) is 0. The Bertz CT molecular complexity index is 405. The quantitative estimate of drug-likeness (QED) is 0.766. The SMILES string of the molecule is CCC(C)c1cnc(-n2cccn2)cn1. The monoisotopic (exact) mass is 202 g/mol. The first kappa shape index (κ1) is 9.83. The zero-order valence-electron chi connectivity index (χ0n) is 8.96. The smallest absolute Gasteiger partial charge is 0.171 e. The fraction of sp³-hybridized carbons (Fsp3) is 0.364. The van der Waals surface area contributed by atoms with E-state index >= 15 is 0 Å². The molecule has 2 heterocycles. The van der Waals surface area contributed by atoms with Crippen LogP contribution in [0.5, 0.6) is 0 Å². The normalized spacial score (nSPS) is 12.7. The van der Waals surface area contributed by atoms with Gasteiger partial charge in [0, 0.05) is 12.4 Å². The molecule has 4 nitrogen and oxygen atoms in total. The third-order valence-corrected chi connectivity index (χ3v) is 2.51. The van der Waals surface area contributed by atoms with Crippen LogP contribution in [0.25, 0.3) is 5.82 Å². The van der Waals surface area contributed by atoms with Crippen LogP contribution in [-0.4, -0.2) is 19.7 Å². The van der Waals surface area contributed by atoms with Gasteiger partial charge in [0.05, 0.1) is 18.1 Å². The summed E-state index contributed by atoms with van der Waals surface area (Å²) in [5, 5.41) is 4.10. The van der Waals surface area contributed by atoms with Gasteiger partial charge in [-0.1, -0.05) is 13.8 Å². The van der Waals surface area contributed by atoms with Gasteiger partial charge in [0.25, 0.3) is 0 Å². The van der Waals surface area contributed by atoms with Gasteiger partial charge >= 0.3 is 0 Å². The molecule has 0 aliphatic heterocycles. The fourth-order valence-electron chi connectivity index (χ4n) is 1.32. The van der Waals surface area contributed by atoms with Crippen molar-refractivity contribution in [3.8, 4) is 5.82 Å². The van der Waals surface area contributed by atoms with Crippen molar-refractivity contribution in [3.63, 3.8) is 0 Å². The second-order valence-corrected chi connectivity index (χ2v) is 3.56. The van der Waals surface area contributed by atoms with E-state index in [1.807, 2.05) is 18.5 Å². The lowest BCUT2D eigenvalue weighted by molar-refractivity contribution is 0.697. The molecule has 0 radical (unpaired) electrons. The van der Waals surface area contributed by atoms with Crippen LogP contribution in [0.1, 0.15) is 31.9 Å². The van der Waals surface area contributed by atoms with Gasteiger partial charge in [-0.05, 0) is 18.4 Å². The minimum atomic E-state index is 0.462. The Labute approximate surface area is 89.0 Å².